The minimum atomic E-state index is -0.387. The average Bonchev–Trinajstić information content (AvgIpc) is 3.63. The van der Waals surface area contributed by atoms with Gasteiger partial charge in [0.2, 0.25) is 5.91 Å². The van der Waals surface area contributed by atoms with Crippen LogP contribution in [-0.2, 0) is 4.79 Å². The maximum Gasteiger partial charge on any atom is 0.255 e. The van der Waals surface area contributed by atoms with E-state index in [1.54, 1.807) is 6.07 Å². The van der Waals surface area contributed by atoms with Crippen LogP contribution in [0.3, 0.4) is 0 Å². The highest BCUT2D eigenvalue weighted by atomic mass is 19.1. The van der Waals surface area contributed by atoms with Crippen molar-refractivity contribution < 1.29 is 18.7 Å². The molecular weight excluding hydrogens is 461 g/mol. The monoisotopic (exact) mass is 493 g/mol. The predicted molar refractivity (Wildman–Crippen MR) is 134 cm³/mol. The Bertz CT molecular complexity index is 1280. The molecule has 2 saturated carbocycles. The molecule has 0 bridgehead atoms. The van der Waals surface area contributed by atoms with Crippen LogP contribution in [0, 0.1) is 18.7 Å². The molecule has 0 spiro atoms. The van der Waals surface area contributed by atoms with E-state index in [0.717, 1.165) is 38.5 Å². The van der Waals surface area contributed by atoms with E-state index in [-0.39, 0.29) is 29.7 Å². The number of halogens is 1. The normalized spacial score (nSPS) is 19.8. The van der Waals surface area contributed by atoms with Crippen molar-refractivity contribution in [1.29, 1.82) is 0 Å². The van der Waals surface area contributed by atoms with Gasteiger partial charge in [-0.25, -0.2) is 14.4 Å². The fourth-order valence-electron chi connectivity index (χ4n) is 4.88. The highest BCUT2D eigenvalue weighted by Gasteiger charge is 2.27. The first-order valence-electron chi connectivity index (χ1n) is 12.8. The largest absolute Gasteiger partial charge is 0.493 e. The third-order valence-electron chi connectivity index (χ3n) is 7.12. The van der Waals surface area contributed by atoms with Crippen LogP contribution in [0.2, 0.25) is 0 Å². The SMILES string of the molecule is CCC(=O)N[C@H]1CC[C@H](NC(=O)c2c(C)[nH]c3c(-c4cc(F)ccc4OCC4CC4)ncnc23)CC1. The number of nitrogens with one attached hydrogen (secondary N) is 3. The lowest BCUT2D eigenvalue weighted by molar-refractivity contribution is -0.121. The quantitative estimate of drug-likeness (QED) is 0.430. The summed E-state index contributed by atoms with van der Waals surface area (Å²) in [7, 11) is 0. The second-order valence-electron chi connectivity index (χ2n) is 9.91. The maximum absolute atomic E-state index is 14.2. The van der Waals surface area contributed by atoms with E-state index in [0.29, 0.717) is 58.2 Å². The number of H-pyrrole nitrogens is 1. The van der Waals surface area contributed by atoms with Crippen molar-refractivity contribution in [3.8, 4) is 17.0 Å². The first kappa shape index (κ1) is 24.2. The summed E-state index contributed by atoms with van der Waals surface area (Å²) in [6.07, 6.45) is 7.44. The Morgan fingerprint density at radius 3 is 2.50 bits per heavy atom. The van der Waals surface area contributed by atoms with Crippen molar-refractivity contribution in [2.45, 2.75) is 70.9 Å². The molecule has 190 valence electrons. The Morgan fingerprint density at radius 1 is 1.08 bits per heavy atom. The molecule has 0 unspecified atom stereocenters. The van der Waals surface area contributed by atoms with Crippen LogP contribution in [-0.4, -0.2) is 45.5 Å². The number of aryl methyl sites for hydroxylation is 1. The van der Waals surface area contributed by atoms with E-state index in [2.05, 4.69) is 25.6 Å². The summed E-state index contributed by atoms with van der Waals surface area (Å²) < 4.78 is 20.2. The van der Waals surface area contributed by atoms with Gasteiger partial charge in [-0.15, -0.1) is 0 Å². The number of nitrogens with zero attached hydrogens (tertiary/aromatic N) is 2. The third-order valence-corrected chi connectivity index (χ3v) is 7.12. The number of aromatic amines is 1. The van der Waals surface area contributed by atoms with Crippen molar-refractivity contribution in [2.24, 2.45) is 5.92 Å². The molecule has 3 aromatic rings. The van der Waals surface area contributed by atoms with Crippen LogP contribution in [0.25, 0.3) is 22.3 Å². The Hall–Kier alpha value is -3.49. The Kier molecular flexibility index (Phi) is 6.89. The van der Waals surface area contributed by atoms with E-state index in [9.17, 15) is 14.0 Å². The molecule has 2 amide bonds. The molecule has 2 aromatic heterocycles. The highest BCUT2D eigenvalue weighted by molar-refractivity contribution is 6.09. The fraction of sp³-hybridized carbons (Fsp3) is 0.481. The molecule has 0 radical (unpaired) electrons. The summed E-state index contributed by atoms with van der Waals surface area (Å²) in [6, 6.07) is 4.62. The molecule has 2 aliphatic carbocycles. The molecule has 0 aliphatic heterocycles. The number of carbonyl (C=O) groups excluding carboxylic acids is 2. The van der Waals surface area contributed by atoms with Crippen LogP contribution in [0.1, 0.15) is 67.9 Å². The van der Waals surface area contributed by atoms with E-state index in [1.165, 1.54) is 18.5 Å². The van der Waals surface area contributed by atoms with Gasteiger partial charge in [0.05, 0.1) is 17.7 Å². The molecule has 3 N–H and O–H groups in total. The van der Waals surface area contributed by atoms with E-state index in [4.69, 9.17) is 4.74 Å². The molecule has 5 rings (SSSR count). The number of carbonyl (C=O) groups is 2. The van der Waals surface area contributed by atoms with Crippen molar-refractivity contribution in [1.82, 2.24) is 25.6 Å². The summed E-state index contributed by atoms with van der Waals surface area (Å²) >= 11 is 0. The van der Waals surface area contributed by atoms with Gasteiger partial charge in [0, 0.05) is 29.8 Å². The zero-order chi connectivity index (χ0) is 25.2. The number of amides is 2. The summed E-state index contributed by atoms with van der Waals surface area (Å²) in [5, 5.41) is 6.19. The first-order valence-corrected chi connectivity index (χ1v) is 12.8. The number of hydrogen-bond acceptors (Lipinski definition) is 5. The van der Waals surface area contributed by atoms with E-state index < -0.39 is 0 Å². The average molecular weight is 494 g/mol. The van der Waals surface area contributed by atoms with Crippen molar-refractivity contribution in [2.75, 3.05) is 6.61 Å². The van der Waals surface area contributed by atoms with E-state index >= 15 is 0 Å². The maximum atomic E-state index is 14.2. The molecule has 8 nitrogen and oxygen atoms in total. The minimum Gasteiger partial charge on any atom is -0.493 e. The van der Waals surface area contributed by atoms with Crippen LogP contribution in [0.5, 0.6) is 5.75 Å². The Balaban J connectivity index is 1.37. The summed E-state index contributed by atoms with van der Waals surface area (Å²) in [4.78, 5) is 37.1. The zero-order valence-corrected chi connectivity index (χ0v) is 20.7. The van der Waals surface area contributed by atoms with Gasteiger partial charge in [-0.05, 0) is 69.6 Å². The summed E-state index contributed by atoms with van der Waals surface area (Å²) in [5.74, 6) is 0.589. The van der Waals surface area contributed by atoms with Crippen LogP contribution < -0.4 is 15.4 Å². The van der Waals surface area contributed by atoms with Gasteiger partial charge < -0.3 is 20.4 Å². The smallest absolute Gasteiger partial charge is 0.255 e. The lowest BCUT2D eigenvalue weighted by Crippen LogP contribution is -2.43. The number of hydrogen-bond donors (Lipinski definition) is 3. The van der Waals surface area contributed by atoms with Gasteiger partial charge in [-0.1, -0.05) is 6.92 Å². The van der Waals surface area contributed by atoms with Gasteiger partial charge in [0.1, 0.15) is 29.1 Å². The Morgan fingerprint density at radius 2 is 1.81 bits per heavy atom. The fourth-order valence-corrected chi connectivity index (χ4v) is 4.88. The molecule has 2 fully saturated rings. The van der Waals surface area contributed by atoms with Crippen molar-refractivity contribution >= 4 is 22.8 Å². The predicted octanol–water partition coefficient (Wildman–Crippen LogP) is 4.43. The molecule has 0 atom stereocenters. The first-order chi connectivity index (χ1) is 17.4. The number of ether oxygens (including phenoxy) is 1. The molecule has 2 heterocycles. The van der Waals surface area contributed by atoms with Gasteiger partial charge in [-0.3, -0.25) is 9.59 Å². The van der Waals surface area contributed by atoms with Crippen LogP contribution >= 0.6 is 0 Å². The minimum absolute atomic E-state index is 0.0311. The lowest BCUT2D eigenvalue weighted by Gasteiger charge is -2.29. The lowest BCUT2D eigenvalue weighted by atomic mass is 9.91. The molecular formula is C27H32FN5O3. The van der Waals surface area contributed by atoms with E-state index in [1.807, 2.05) is 13.8 Å². The topological polar surface area (TPSA) is 109 Å². The number of fused-ring (bicyclic) bond motifs is 1. The molecule has 9 heteroatoms. The van der Waals surface area contributed by atoms with Crippen molar-refractivity contribution in [3.05, 3.63) is 41.6 Å². The Labute approximate surface area is 209 Å². The molecule has 2 aliphatic rings. The van der Waals surface area contributed by atoms with Crippen LogP contribution in [0.4, 0.5) is 4.39 Å². The molecule has 36 heavy (non-hydrogen) atoms. The summed E-state index contributed by atoms with van der Waals surface area (Å²) in [5.41, 5.74) is 3.24. The second kappa shape index (κ2) is 10.2. The third kappa shape index (κ3) is 5.20. The molecule has 0 saturated heterocycles. The van der Waals surface area contributed by atoms with Crippen LogP contribution in [0.15, 0.2) is 24.5 Å². The highest BCUT2D eigenvalue weighted by Crippen LogP contribution is 2.37. The van der Waals surface area contributed by atoms with Crippen molar-refractivity contribution in [3.63, 3.8) is 0 Å². The van der Waals surface area contributed by atoms with Gasteiger partial charge in [0.25, 0.3) is 5.91 Å². The van der Waals surface area contributed by atoms with Gasteiger partial charge >= 0.3 is 0 Å². The standard InChI is InChI=1S/C27H32FN5O3/c1-3-22(34)32-18-7-9-19(10-8-18)33-27(35)23-15(2)31-26-24(29-14-30-25(23)26)20-12-17(28)6-11-21(20)36-13-16-4-5-16/h6,11-12,14,16,18-19,31H,3-5,7-10,13H2,1-2H3,(H,32,34)(H,33,35)/t18-,19-. The van der Waals surface area contributed by atoms with Gasteiger partial charge in [-0.2, -0.15) is 0 Å². The molecule has 1 aromatic carbocycles. The number of aromatic nitrogens is 3. The van der Waals surface area contributed by atoms with Gasteiger partial charge in [0.15, 0.2) is 0 Å². The summed E-state index contributed by atoms with van der Waals surface area (Å²) in [6.45, 7) is 4.26. The zero-order valence-electron chi connectivity index (χ0n) is 20.7. The number of benzene rings is 1. The second-order valence-corrected chi connectivity index (χ2v) is 9.91. The number of rotatable bonds is 8.